The topological polar surface area (TPSA) is 44.5 Å². The second kappa shape index (κ2) is 2.68. The van der Waals surface area contributed by atoms with Gasteiger partial charge >= 0.3 is 0 Å². The average Bonchev–Trinajstić information content (AvgIpc) is 2.04. The summed E-state index contributed by atoms with van der Waals surface area (Å²) in [5, 5.41) is 0. The Labute approximate surface area is 71.1 Å². The highest BCUT2D eigenvalue weighted by atomic mass is 16.7. The lowest BCUT2D eigenvalue weighted by Crippen LogP contribution is -2.12. The third kappa shape index (κ3) is 1.12. The minimum absolute atomic E-state index is 0.345. The largest absolute Gasteiger partial charge is 0.467 e. The molecule has 2 N–H and O–H groups in total. The monoisotopic (exact) mass is 165 g/mol. The van der Waals surface area contributed by atoms with E-state index in [1.807, 2.05) is 19.1 Å². The van der Waals surface area contributed by atoms with Crippen LogP contribution in [0, 0.1) is 6.92 Å². The second-order valence-corrected chi connectivity index (χ2v) is 2.94. The van der Waals surface area contributed by atoms with Crippen molar-refractivity contribution < 1.29 is 9.47 Å². The molecule has 0 spiro atoms. The van der Waals surface area contributed by atoms with E-state index in [4.69, 9.17) is 15.2 Å². The molecule has 0 unspecified atom stereocenters. The number of aryl methyl sites for hydroxylation is 1. The van der Waals surface area contributed by atoms with Gasteiger partial charge in [-0.15, -0.1) is 0 Å². The minimum Gasteiger partial charge on any atom is -0.467 e. The highest BCUT2D eigenvalue weighted by Gasteiger charge is 2.12. The Bertz CT molecular complexity index is 310. The predicted octanol–water partition coefficient (Wildman–Crippen LogP) is 1.44. The lowest BCUT2D eigenvalue weighted by atomic mass is 10.1. The van der Waals surface area contributed by atoms with Crippen molar-refractivity contribution in [1.82, 2.24) is 0 Å². The van der Waals surface area contributed by atoms with Crippen molar-refractivity contribution in [3.8, 4) is 5.75 Å². The number of hydrogen-bond acceptors (Lipinski definition) is 3. The Hall–Kier alpha value is -1.22. The van der Waals surface area contributed by atoms with Gasteiger partial charge in [-0.1, -0.05) is 0 Å². The maximum atomic E-state index is 5.67. The van der Waals surface area contributed by atoms with Crippen LogP contribution in [-0.2, 0) is 11.3 Å². The number of rotatable bonds is 0. The van der Waals surface area contributed by atoms with Gasteiger partial charge in [0.15, 0.2) is 6.79 Å². The van der Waals surface area contributed by atoms with Crippen LogP contribution in [0.2, 0.25) is 0 Å². The highest BCUT2D eigenvalue weighted by molar-refractivity contribution is 5.52. The molecule has 0 atom stereocenters. The van der Waals surface area contributed by atoms with Crippen LogP contribution in [0.5, 0.6) is 5.75 Å². The van der Waals surface area contributed by atoms with Crippen molar-refractivity contribution in [3.63, 3.8) is 0 Å². The quantitative estimate of drug-likeness (QED) is 0.591. The molecule has 0 amide bonds. The van der Waals surface area contributed by atoms with Crippen LogP contribution in [0.15, 0.2) is 12.1 Å². The van der Waals surface area contributed by atoms with Crippen LogP contribution in [0.1, 0.15) is 11.1 Å². The fourth-order valence-electron chi connectivity index (χ4n) is 1.44. The van der Waals surface area contributed by atoms with Gasteiger partial charge in [-0.2, -0.15) is 0 Å². The Morgan fingerprint density at radius 3 is 3.08 bits per heavy atom. The molecule has 12 heavy (non-hydrogen) atoms. The van der Waals surface area contributed by atoms with Crippen molar-refractivity contribution in [3.05, 3.63) is 23.3 Å². The van der Waals surface area contributed by atoms with Gasteiger partial charge in [0.2, 0.25) is 0 Å². The van der Waals surface area contributed by atoms with E-state index in [-0.39, 0.29) is 0 Å². The summed E-state index contributed by atoms with van der Waals surface area (Å²) < 4.78 is 10.5. The SMILES string of the molecule is Cc1cc(N)cc2c1OCOC2. The third-order valence-electron chi connectivity index (χ3n) is 1.92. The predicted molar refractivity (Wildman–Crippen MR) is 45.9 cm³/mol. The Balaban J connectivity index is 2.53. The van der Waals surface area contributed by atoms with Gasteiger partial charge in [0, 0.05) is 11.3 Å². The molecule has 1 aromatic carbocycles. The molecule has 1 aromatic rings. The van der Waals surface area contributed by atoms with Crippen LogP contribution in [0.25, 0.3) is 0 Å². The fourth-order valence-corrected chi connectivity index (χ4v) is 1.44. The average molecular weight is 165 g/mol. The summed E-state index contributed by atoms with van der Waals surface area (Å²) in [7, 11) is 0. The molecule has 1 heterocycles. The van der Waals surface area contributed by atoms with Gasteiger partial charge in [0.25, 0.3) is 0 Å². The first-order valence-corrected chi connectivity index (χ1v) is 3.87. The minimum atomic E-state index is 0.345. The summed E-state index contributed by atoms with van der Waals surface area (Å²) in [4.78, 5) is 0. The van der Waals surface area contributed by atoms with Crippen molar-refractivity contribution in [2.75, 3.05) is 12.5 Å². The molecule has 0 radical (unpaired) electrons. The number of benzene rings is 1. The molecule has 0 aromatic heterocycles. The van der Waals surface area contributed by atoms with Gasteiger partial charge in [-0.3, -0.25) is 0 Å². The van der Waals surface area contributed by atoms with Gasteiger partial charge in [0.1, 0.15) is 5.75 Å². The molecular weight excluding hydrogens is 154 g/mol. The van der Waals surface area contributed by atoms with E-state index < -0.39 is 0 Å². The summed E-state index contributed by atoms with van der Waals surface area (Å²) in [6, 6.07) is 3.80. The van der Waals surface area contributed by atoms with Crippen molar-refractivity contribution in [2.45, 2.75) is 13.5 Å². The summed E-state index contributed by atoms with van der Waals surface area (Å²) in [6.45, 7) is 2.93. The number of ether oxygens (including phenoxy) is 2. The third-order valence-corrected chi connectivity index (χ3v) is 1.92. The molecule has 2 rings (SSSR count). The van der Waals surface area contributed by atoms with Crippen molar-refractivity contribution >= 4 is 5.69 Å². The zero-order chi connectivity index (χ0) is 8.55. The molecule has 0 bridgehead atoms. The number of hydrogen-bond donors (Lipinski definition) is 1. The zero-order valence-corrected chi connectivity index (χ0v) is 6.96. The van der Waals surface area contributed by atoms with E-state index in [0.717, 1.165) is 22.6 Å². The van der Waals surface area contributed by atoms with E-state index in [1.165, 1.54) is 0 Å². The zero-order valence-electron chi connectivity index (χ0n) is 6.96. The van der Waals surface area contributed by atoms with Gasteiger partial charge in [0.05, 0.1) is 6.61 Å². The standard InChI is InChI=1S/C9H11NO2/c1-6-2-8(10)3-7-4-11-5-12-9(6)7/h2-3H,4-5,10H2,1H3. The van der Waals surface area contributed by atoms with Crippen LogP contribution < -0.4 is 10.5 Å². The highest BCUT2D eigenvalue weighted by Crippen LogP contribution is 2.29. The molecule has 1 aliphatic heterocycles. The molecule has 1 aliphatic rings. The fraction of sp³-hybridized carbons (Fsp3) is 0.333. The van der Waals surface area contributed by atoms with Crippen LogP contribution in [-0.4, -0.2) is 6.79 Å². The maximum Gasteiger partial charge on any atom is 0.189 e. The Kier molecular flexibility index (Phi) is 1.66. The number of anilines is 1. The molecule has 0 fully saturated rings. The first-order chi connectivity index (χ1) is 5.77. The lowest BCUT2D eigenvalue weighted by molar-refractivity contribution is -0.0168. The van der Waals surface area contributed by atoms with Crippen LogP contribution in [0.3, 0.4) is 0 Å². The Morgan fingerprint density at radius 2 is 2.25 bits per heavy atom. The summed E-state index contributed by atoms with van der Waals surface area (Å²) in [5.41, 5.74) is 8.55. The van der Waals surface area contributed by atoms with Crippen LogP contribution in [0.4, 0.5) is 5.69 Å². The smallest absolute Gasteiger partial charge is 0.189 e. The first kappa shape index (κ1) is 7.43. The summed E-state index contributed by atoms with van der Waals surface area (Å²) in [5.74, 6) is 0.926. The normalized spacial score (nSPS) is 15.1. The molecule has 64 valence electrons. The second-order valence-electron chi connectivity index (χ2n) is 2.94. The van der Waals surface area contributed by atoms with Gasteiger partial charge in [-0.25, -0.2) is 0 Å². The molecule has 3 heteroatoms. The van der Waals surface area contributed by atoms with Gasteiger partial charge < -0.3 is 15.2 Å². The number of nitrogens with two attached hydrogens (primary N) is 1. The van der Waals surface area contributed by atoms with Crippen molar-refractivity contribution in [2.24, 2.45) is 0 Å². The van der Waals surface area contributed by atoms with E-state index >= 15 is 0 Å². The number of fused-ring (bicyclic) bond motifs is 1. The molecule has 0 saturated heterocycles. The summed E-state index contributed by atoms with van der Waals surface area (Å²) in [6.07, 6.45) is 0. The molecular formula is C9H11NO2. The van der Waals surface area contributed by atoms with E-state index in [0.29, 0.717) is 13.4 Å². The number of nitrogen functional groups attached to an aromatic ring is 1. The molecule has 0 saturated carbocycles. The van der Waals surface area contributed by atoms with Crippen molar-refractivity contribution in [1.29, 1.82) is 0 Å². The first-order valence-electron chi connectivity index (χ1n) is 3.87. The lowest BCUT2D eigenvalue weighted by Gasteiger charge is -2.19. The van der Waals surface area contributed by atoms with E-state index in [9.17, 15) is 0 Å². The van der Waals surface area contributed by atoms with E-state index in [2.05, 4.69) is 0 Å². The summed E-state index contributed by atoms with van der Waals surface area (Å²) >= 11 is 0. The maximum absolute atomic E-state index is 5.67. The van der Waals surface area contributed by atoms with Gasteiger partial charge in [-0.05, 0) is 24.6 Å². The molecule has 3 nitrogen and oxygen atoms in total. The Morgan fingerprint density at radius 1 is 1.42 bits per heavy atom. The molecule has 0 aliphatic carbocycles. The van der Waals surface area contributed by atoms with Crippen LogP contribution >= 0.6 is 0 Å². The van der Waals surface area contributed by atoms with E-state index in [1.54, 1.807) is 0 Å².